The molecule has 0 spiro atoms. The van der Waals surface area contributed by atoms with E-state index in [9.17, 15) is 0 Å². The SMILES string of the molecule is CC(N)Cc1ccc(N2CC3CCCN3CC2C)c(Cl)c1. The molecule has 0 aromatic heterocycles. The van der Waals surface area contributed by atoms with Crippen molar-refractivity contribution in [3.05, 3.63) is 28.8 Å². The van der Waals surface area contributed by atoms with Crippen LogP contribution in [0, 0.1) is 0 Å². The second kappa shape index (κ2) is 6.15. The topological polar surface area (TPSA) is 32.5 Å². The van der Waals surface area contributed by atoms with E-state index < -0.39 is 0 Å². The number of benzene rings is 1. The van der Waals surface area contributed by atoms with Crippen LogP contribution in [0.4, 0.5) is 5.69 Å². The fourth-order valence-electron chi connectivity index (χ4n) is 3.81. The molecule has 2 N–H and O–H groups in total. The molecule has 4 heteroatoms. The van der Waals surface area contributed by atoms with Crippen molar-refractivity contribution in [3.8, 4) is 0 Å². The maximum absolute atomic E-state index is 6.56. The molecule has 0 radical (unpaired) electrons. The summed E-state index contributed by atoms with van der Waals surface area (Å²) in [6.07, 6.45) is 3.54. The summed E-state index contributed by atoms with van der Waals surface area (Å²) < 4.78 is 0. The first-order chi connectivity index (χ1) is 10.0. The van der Waals surface area contributed by atoms with Gasteiger partial charge in [0.1, 0.15) is 0 Å². The lowest BCUT2D eigenvalue weighted by Gasteiger charge is -2.44. The summed E-state index contributed by atoms with van der Waals surface area (Å²) in [5.41, 5.74) is 8.29. The number of nitrogens with two attached hydrogens (primary N) is 1. The summed E-state index contributed by atoms with van der Waals surface area (Å²) in [6, 6.07) is 7.86. The average molecular weight is 308 g/mol. The van der Waals surface area contributed by atoms with Gasteiger partial charge in [0.2, 0.25) is 0 Å². The van der Waals surface area contributed by atoms with Crippen LogP contribution in [0.15, 0.2) is 18.2 Å². The van der Waals surface area contributed by atoms with Crippen molar-refractivity contribution < 1.29 is 0 Å². The van der Waals surface area contributed by atoms with E-state index in [1.54, 1.807) is 0 Å². The zero-order chi connectivity index (χ0) is 15.0. The Hall–Kier alpha value is -0.770. The van der Waals surface area contributed by atoms with Crippen LogP contribution in [0.1, 0.15) is 32.3 Å². The number of nitrogens with zero attached hydrogens (tertiary/aromatic N) is 2. The van der Waals surface area contributed by atoms with Crippen LogP contribution in [0.3, 0.4) is 0 Å². The van der Waals surface area contributed by atoms with Crippen LogP contribution >= 0.6 is 11.6 Å². The Kier molecular flexibility index (Phi) is 4.43. The van der Waals surface area contributed by atoms with Crippen molar-refractivity contribution in [2.45, 2.75) is 51.2 Å². The molecule has 2 aliphatic heterocycles. The minimum absolute atomic E-state index is 0.174. The predicted molar refractivity (Wildman–Crippen MR) is 90.2 cm³/mol. The van der Waals surface area contributed by atoms with Crippen molar-refractivity contribution in [2.75, 3.05) is 24.5 Å². The third kappa shape index (κ3) is 3.20. The summed E-state index contributed by atoms with van der Waals surface area (Å²) in [4.78, 5) is 5.13. The number of anilines is 1. The van der Waals surface area contributed by atoms with Gasteiger partial charge in [-0.05, 0) is 57.4 Å². The molecule has 1 aromatic carbocycles. The maximum atomic E-state index is 6.56. The lowest BCUT2D eigenvalue weighted by molar-refractivity contribution is 0.203. The van der Waals surface area contributed by atoms with Crippen molar-refractivity contribution in [2.24, 2.45) is 5.73 Å². The molecule has 0 aliphatic carbocycles. The van der Waals surface area contributed by atoms with Crippen LogP contribution in [0.5, 0.6) is 0 Å². The zero-order valence-corrected chi connectivity index (χ0v) is 13.8. The first kappa shape index (κ1) is 15.1. The molecular formula is C17H26ClN3. The van der Waals surface area contributed by atoms with Gasteiger partial charge in [-0.25, -0.2) is 0 Å². The Labute approximate surface area is 133 Å². The van der Waals surface area contributed by atoms with Crippen molar-refractivity contribution in [1.29, 1.82) is 0 Å². The Bertz CT molecular complexity index is 503. The Morgan fingerprint density at radius 2 is 2.19 bits per heavy atom. The van der Waals surface area contributed by atoms with Crippen LogP contribution in [0.2, 0.25) is 5.02 Å². The standard InChI is InChI=1S/C17H26ClN3/c1-12(19)8-14-5-6-17(16(18)9-14)21-11-15-4-3-7-20(15)10-13(21)2/h5-6,9,12-13,15H,3-4,7-8,10-11,19H2,1-2H3. The van der Waals surface area contributed by atoms with E-state index in [2.05, 4.69) is 34.9 Å². The lowest BCUT2D eigenvalue weighted by Crippen LogP contribution is -2.55. The number of rotatable bonds is 3. The number of piperazine rings is 1. The highest BCUT2D eigenvalue weighted by Gasteiger charge is 2.34. The van der Waals surface area contributed by atoms with E-state index >= 15 is 0 Å². The molecule has 2 fully saturated rings. The maximum Gasteiger partial charge on any atom is 0.0642 e. The van der Waals surface area contributed by atoms with Crippen LogP contribution in [-0.2, 0) is 6.42 Å². The van der Waals surface area contributed by atoms with Gasteiger partial charge in [0, 0.05) is 31.2 Å². The largest absolute Gasteiger partial charge is 0.365 e. The predicted octanol–water partition coefficient (Wildman–Crippen LogP) is 2.90. The minimum atomic E-state index is 0.174. The summed E-state index contributed by atoms with van der Waals surface area (Å²) in [7, 11) is 0. The molecule has 2 heterocycles. The van der Waals surface area contributed by atoms with Gasteiger partial charge in [-0.2, -0.15) is 0 Å². The van der Waals surface area contributed by atoms with Crippen molar-refractivity contribution in [3.63, 3.8) is 0 Å². The molecule has 21 heavy (non-hydrogen) atoms. The molecule has 116 valence electrons. The molecule has 3 unspecified atom stereocenters. The third-order valence-corrected chi connectivity index (χ3v) is 5.12. The number of halogens is 1. The lowest BCUT2D eigenvalue weighted by atomic mass is 10.0. The monoisotopic (exact) mass is 307 g/mol. The fraction of sp³-hybridized carbons (Fsp3) is 0.647. The van der Waals surface area contributed by atoms with E-state index in [1.165, 1.54) is 30.6 Å². The first-order valence-corrected chi connectivity index (χ1v) is 8.47. The molecule has 0 amide bonds. The van der Waals surface area contributed by atoms with Crippen molar-refractivity contribution >= 4 is 17.3 Å². The Morgan fingerprint density at radius 1 is 1.38 bits per heavy atom. The number of fused-ring (bicyclic) bond motifs is 1. The number of hydrogen-bond donors (Lipinski definition) is 1. The summed E-state index contributed by atoms with van der Waals surface area (Å²) in [5.74, 6) is 0. The van der Waals surface area contributed by atoms with E-state index in [-0.39, 0.29) is 6.04 Å². The van der Waals surface area contributed by atoms with Gasteiger partial charge in [-0.1, -0.05) is 17.7 Å². The van der Waals surface area contributed by atoms with Crippen LogP contribution < -0.4 is 10.6 Å². The summed E-state index contributed by atoms with van der Waals surface area (Å²) in [6.45, 7) is 7.87. The van der Waals surface area contributed by atoms with Crippen LogP contribution in [-0.4, -0.2) is 42.7 Å². The average Bonchev–Trinajstić information content (AvgIpc) is 2.84. The minimum Gasteiger partial charge on any atom is -0.365 e. The van der Waals surface area contributed by atoms with E-state index in [4.69, 9.17) is 17.3 Å². The van der Waals surface area contributed by atoms with Gasteiger partial charge < -0.3 is 10.6 Å². The van der Waals surface area contributed by atoms with Gasteiger partial charge in [0.05, 0.1) is 10.7 Å². The quantitative estimate of drug-likeness (QED) is 0.932. The molecule has 3 atom stereocenters. The zero-order valence-electron chi connectivity index (χ0n) is 13.1. The molecule has 2 aliphatic rings. The van der Waals surface area contributed by atoms with E-state index in [0.29, 0.717) is 12.1 Å². The third-order valence-electron chi connectivity index (χ3n) is 4.82. The van der Waals surface area contributed by atoms with E-state index in [0.717, 1.165) is 24.5 Å². The molecule has 0 saturated carbocycles. The second-order valence-electron chi connectivity index (χ2n) is 6.76. The highest BCUT2D eigenvalue weighted by atomic mass is 35.5. The van der Waals surface area contributed by atoms with Crippen molar-refractivity contribution in [1.82, 2.24) is 4.90 Å². The fourth-order valence-corrected chi connectivity index (χ4v) is 4.12. The van der Waals surface area contributed by atoms with E-state index in [1.807, 2.05) is 6.92 Å². The smallest absolute Gasteiger partial charge is 0.0642 e. The Morgan fingerprint density at radius 3 is 2.90 bits per heavy atom. The molecule has 3 nitrogen and oxygen atoms in total. The molecule has 2 saturated heterocycles. The highest BCUT2D eigenvalue weighted by Crippen LogP contribution is 2.33. The summed E-state index contributed by atoms with van der Waals surface area (Å²) in [5, 5.41) is 0.867. The van der Waals surface area contributed by atoms with Gasteiger partial charge in [-0.15, -0.1) is 0 Å². The van der Waals surface area contributed by atoms with Gasteiger partial charge in [-0.3, -0.25) is 4.90 Å². The first-order valence-electron chi connectivity index (χ1n) is 8.09. The van der Waals surface area contributed by atoms with Gasteiger partial charge in [0.15, 0.2) is 0 Å². The molecule has 0 bridgehead atoms. The molecular weight excluding hydrogens is 282 g/mol. The molecule has 1 aromatic rings. The van der Waals surface area contributed by atoms with Crippen LogP contribution in [0.25, 0.3) is 0 Å². The normalized spacial score (nSPS) is 27.7. The second-order valence-corrected chi connectivity index (χ2v) is 7.17. The molecule has 3 rings (SSSR count). The Balaban J connectivity index is 1.79. The van der Waals surface area contributed by atoms with Gasteiger partial charge >= 0.3 is 0 Å². The summed E-state index contributed by atoms with van der Waals surface area (Å²) >= 11 is 6.56. The highest BCUT2D eigenvalue weighted by molar-refractivity contribution is 6.33. The number of hydrogen-bond acceptors (Lipinski definition) is 3. The van der Waals surface area contributed by atoms with Gasteiger partial charge in [0.25, 0.3) is 0 Å².